The summed E-state index contributed by atoms with van der Waals surface area (Å²) in [5.74, 6) is 0.226. The van der Waals surface area contributed by atoms with Crippen LogP contribution in [0, 0.1) is 0 Å². The minimum Gasteiger partial charge on any atom is -0.508 e. The fourth-order valence-electron chi connectivity index (χ4n) is 2.85. The smallest absolute Gasteiger partial charge is 0.206 e. The van der Waals surface area contributed by atoms with Gasteiger partial charge in [0, 0.05) is 16.9 Å². The number of carbonyl (C=O) groups excluding carboxylic acids is 1. The fourth-order valence-corrected chi connectivity index (χ4v) is 3.84. The van der Waals surface area contributed by atoms with E-state index in [-0.39, 0.29) is 17.4 Å². The maximum absolute atomic E-state index is 12.9. The number of anilines is 4. The summed E-state index contributed by atoms with van der Waals surface area (Å²) in [6, 6.07) is 25.5. The topological polar surface area (TPSA) is 79.4 Å². The maximum atomic E-state index is 12.9. The third-order valence-corrected chi connectivity index (χ3v) is 5.25. The van der Waals surface area contributed by atoms with Crippen molar-refractivity contribution >= 4 is 39.4 Å². The number of carbonyl (C=O) groups is 1. The van der Waals surface area contributed by atoms with E-state index in [9.17, 15) is 9.90 Å². The standard InChI is InChI=1S/C22H17N3O2S/c23-21-20(19(27)15-7-3-1-4-8-15)28-22(24-21)25(16-9-5-2-6-10-16)17-11-13-18(26)14-12-17/h1-14,26H,23H2. The van der Waals surface area contributed by atoms with Crippen LogP contribution < -0.4 is 10.6 Å². The van der Waals surface area contributed by atoms with E-state index in [2.05, 4.69) is 4.98 Å². The van der Waals surface area contributed by atoms with E-state index >= 15 is 0 Å². The van der Waals surface area contributed by atoms with Crippen molar-refractivity contribution in [2.45, 2.75) is 0 Å². The molecule has 3 N–H and O–H groups in total. The van der Waals surface area contributed by atoms with Gasteiger partial charge in [0.15, 0.2) is 5.13 Å². The summed E-state index contributed by atoms with van der Waals surface area (Å²) in [6.45, 7) is 0. The van der Waals surface area contributed by atoms with Crippen molar-refractivity contribution in [3.63, 3.8) is 0 Å². The molecule has 4 aromatic rings. The van der Waals surface area contributed by atoms with Crippen LogP contribution in [0.4, 0.5) is 22.3 Å². The number of nitrogens with zero attached hydrogens (tertiary/aromatic N) is 2. The first-order valence-corrected chi connectivity index (χ1v) is 9.45. The molecule has 5 nitrogen and oxygen atoms in total. The molecule has 0 fully saturated rings. The lowest BCUT2D eigenvalue weighted by atomic mass is 10.1. The number of aromatic nitrogens is 1. The second kappa shape index (κ2) is 7.54. The van der Waals surface area contributed by atoms with Crippen LogP contribution >= 0.6 is 11.3 Å². The van der Waals surface area contributed by atoms with Crippen LogP contribution in [-0.2, 0) is 0 Å². The Bertz CT molecular complexity index is 1090. The van der Waals surface area contributed by atoms with Gasteiger partial charge in [-0.25, -0.2) is 4.98 Å². The highest BCUT2D eigenvalue weighted by atomic mass is 32.1. The van der Waals surface area contributed by atoms with Crippen molar-refractivity contribution in [3.8, 4) is 5.75 Å². The van der Waals surface area contributed by atoms with E-state index in [4.69, 9.17) is 5.73 Å². The van der Waals surface area contributed by atoms with Crippen molar-refractivity contribution in [3.05, 3.63) is 95.4 Å². The van der Waals surface area contributed by atoms with Gasteiger partial charge in [-0.05, 0) is 36.4 Å². The van der Waals surface area contributed by atoms with Gasteiger partial charge in [-0.3, -0.25) is 9.69 Å². The molecule has 0 radical (unpaired) electrons. The van der Waals surface area contributed by atoms with Gasteiger partial charge in [0.1, 0.15) is 16.4 Å². The molecule has 0 amide bonds. The summed E-state index contributed by atoms with van der Waals surface area (Å²) in [5.41, 5.74) is 8.36. The quantitative estimate of drug-likeness (QED) is 0.464. The Labute approximate surface area is 166 Å². The van der Waals surface area contributed by atoms with Gasteiger partial charge >= 0.3 is 0 Å². The van der Waals surface area contributed by atoms with E-state index in [1.165, 1.54) is 11.3 Å². The van der Waals surface area contributed by atoms with Gasteiger partial charge in [0.2, 0.25) is 5.78 Å². The van der Waals surface area contributed by atoms with Crippen LogP contribution in [0.25, 0.3) is 0 Å². The van der Waals surface area contributed by atoms with Gasteiger partial charge in [0.25, 0.3) is 0 Å². The molecule has 0 bridgehead atoms. The number of rotatable bonds is 5. The molecule has 0 saturated carbocycles. The maximum Gasteiger partial charge on any atom is 0.206 e. The minimum absolute atomic E-state index is 0.152. The van der Waals surface area contributed by atoms with Gasteiger partial charge < -0.3 is 10.8 Å². The number of hydrogen-bond donors (Lipinski definition) is 2. The number of nitrogens with two attached hydrogens (primary N) is 1. The zero-order valence-corrected chi connectivity index (χ0v) is 15.6. The number of para-hydroxylation sites is 1. The van der Waals surface area contributed by atoms with Crippen molar-refractivity contribution in [1.82, 2.24) is 4.98 Å². The van der Waals surface area contributed by atoms with E-state index in [1.54, 1.807) is 36.4 Å². The average Bonchev–Trinajstić information content (AvgIpc) is 3.11. The third-order valence-electron chi connectivity index (χ3n) is 4.20. The second-order valence-corrected chi connectivity index (χ2v) is 7.07. The summed E-state index contributed by atoms with van der Waals surface area (Å²) in [7, 11) is 0. The molecular weight excluding hydrogens is 370 g/mol. The molecule has 3 aromatic carbocycles. The van der Waals surface area contributed by atoms with Crippen molar-refractivity contribution in [1.29, 1.82) is 0 Å². The molecule has 0 aliphatic carbocycles. The normalized spacial score (nSPS) is 10.6. The molecule has 1 aromatic heterocycles. The highest BCUT2D eigenvalue weighted by Gasteiger charge is 2.22. The first-order chi connectivity index (χ1) is 13.6. The number of nitrogen functional groups attached to an aromatic ring is 1. The average molecular weight is 387 g/mol. The minimum atomic E-state index is -0.152. The van der Waals surface area contributed by atoms with Crippen LogP contribution in [0.2, 0.25) is 0 Å². The zero-order chi connectivity index (χ0) is 19.5. The number of ketones is 1. The van der Waals surface area contributed by atoms with Gasteiger partial charge in [-0.1, -0.05) is 59.9 Å². The molecule has 0 spiro atoms. The van der Waals surface area contributed by atoms with E-state index in [0.29, 0.717) is 15.6 Å². The number of phenolic OH excluding ortho intramolecular Hbond substituents is 1. The predicted octanol–water partition coefficient (Wildman–Crippen LogP) is 5.13. The first-order valence-electron chi connectivity index (χ1n) is 8.64. The lowest BCUT2D eigenvalue weighted by molar-refractivity contribution is 0.104. The van der Waals surface area contributed by atoms with Crippen molar-refractivity contribution in [2.24, 2.45) is 0 Å². The molecular formula is C22H17N3O2S. The van der Waals surface area contributed by atoms with E-state index in [0.717, 1.165) is 11.4 Å². The van der Waals surface area contributed by atoms with Crippen LogP contribution in [0.15, 0.2) is 84.9 Å². The Kier molecular flexibility index (Phi) is 4.78. The molecule has 0 aliphatic rings. The summed E-state index contributed by atoms with van der Waals surface area (Å²) in [6.07, 6.45) is 0. The Morgan fingerprint density at radius 1 is 0.857 bits per heavy atom. The zero-order valence-electron chi connectivity index (χ0n) is 14.8. The summed E-state index contributed by atoms with van der Waals surface area (Å²) in [4.78, 5) is 19.6. The SMILES string of the molecule is Nc1nc(N(c2ccccc2)c2ccc(O)cc2)sc1C(=O)c1ccccc1. The summed E-state index contributed by atoms with van der Waals surface area (Å²) >= 11 is 1.24. The number of hydrogen-bond acceptors (Lipinski definition) is 6. The number of benzene rings is 3. The van der Waals surface area contributed by atoms with Gasteiger partial charge in [0.05, 0.1) is 0 Å². The largest absolute Gasteiger partial charge is 0.508 e. The summed E-state index contributed by atoms with van der Waals surface area (Å²) in [5, 5.41) is 10.2. The van der Waals surface area contributed by atoms with E-state index < -0.39 is 0 Å². The Hall–Kier alpha value is -3.64. The third kappa shape index (κ3) is 3.45. The molecule has 28 heavy (non-hydrogen) atoms. The summed E-state index contributed by atoms with van der Waals surface area (Å²) < 4.78 is 0. The van der Waals surface area contributed by atoms with Crippen molar-refractivity contribution in [2.75, 3.05) is 10.6 Å². The molecule has 6 heteroatoms. The molecule has 0 saturated heterocycles. The van der Waals surface area contributed by atoms with Gasteiger partial charge in [-0.2, -0.15) is 0 Å². The molecule has 1 heterocycles. The number of aromatic hydroxyl groups is 1. The van der Waals surface area contributed by atoms with Crippen LogP contribution in [0.5, 0.6) is 5.75 Å². The van der Waals surface area contributed by atoms with Gasteiger partial charge in [-0.15, -0.1) is 0 Å². The lowest BCUT2D eigenvalue weighted by Gasteiger charge is -2.22. The van der Waals surface area contributed by atoms with Crippen LogP contribution in [0.3, 0.4) is 0 Å². The Balaban J connectivity index is 1.80. The van der Waals surface area contributed by atoms with E-state index in [1.807, 2.05) is 53.4 Å². The molecule has 4 rings (SSSR count). The predicted molar refractivity (Wildman–Crippen MR) is 113 cm³/mol. The number of phenols is 1. The highest BCUT2D eigenvalue weighted by molar-refractivity contribution is 7.18. The van der Waals surface area contributed by atoms with Crippen molar-refractivity contribution < 1.29 is 9.90 Å². The molecule has 0 aliphatic heterocycles. The first kappa shape index (κ1) is 17.8. The molecule has 0 atom stereocenters. The Morgan fingerprint density at radius 3 is 2.07 bits per heavy atom. The molecule has 0 unspecified atom stereocenters. The monoisotopic (exact) mass is 387 g/mol. The lowest BCUT2D eigenvalue weighted by Crippen LogP contribution is -2.09. The fraction of sp³-hybridized carbons (Fsp3) is 0. The molecule has 138 valence electrons. The van der Waals surface area contributed by atoms with Crippen LogP contribution in [0.1, 0.15) is 15.2 Å². The van der Waals surface area contributed by atoms with Crippen LogP contribution in [-0.4, -0.2) is 15.9 Å². The second-order valence-electron chi connectivity index (χ2n) is 6.09. The highest BCUT2D eigenvalue weighted by Crippen LogP contribution is 2.39. The number of thiazole rings is 1. The Morgan fingerprint density at radius 2 is 1.43 bits per heavy atom.